The minimum atomic E-state index is -0.656. The molecule has 0 radical (unpaired) electrons. The lowest BCUT2D eigenvalue weighted by Gasteiger charge is -2.30. The maximum Gasteiger partial charge on any atom is 0.258 e. The molecule has 2 atom stereocenters. The molecule has 1 unspecified atom stereocenters. The molecule has 8 nitrogen and oxygen atoms in total. The highest BCUT2D eigenvalue weighted by Gasteiger charge is 2.24. The zero-order valence-corrected chi connectivity index (χ0v) is 20.4. The van der Waals surface area contributed by atoms with Crippen LogP contribution in [0.2, 0.25) is 0 Å². The van der Waals surface area contributed by atoms with Crippen LogP contribution >= 0.6 is 0 Å². The SMILES string of the molecule is CC(=O)Nc1cccc(OCC(=O)NC[C@@H](O)CN2CCc3ccccc3C2)c1C1CCCNC1. The summed E-state index contributed by atoms with van der Waals surface area (Å²) in [6.07, 6.45) is 2.34. The number of benzene rings is 2. The van der Waals surface area contributed by atoms with Gasteiger partial charge in [0.15, 0.2) is 6.61 Å². The molecule has 4 N–H and O–H groups in total. The number of nitrogens with zero attached hydrogens (tertiary/aromatic N) is 1. The molecule has 0 saturated carbocycles. The van der Waals surface area contributed by atoms with Gasteiger partial charge in [-0.15, -0.1) is 0 Å². The Kier molecular flexibility index (Phi) is 8.74. The second kappa shape index (κ2) is 12.2. The van der Waals surface area contributed by atoms with Crippen LogP contribution in [0.15, 0.2) is 42.5 Å². The molecular weight excluding hydrogens is 444 g/mol. The first-order valence-corrected chi connectivity index (χ1v) is 12.5. The molecule has 2 aliphatic rings. The molecule has 2 aliphatic heterocycles. The van der Waals surface area contributed by atoms with E-state index in [-0.39, 0.29) is 30.9 Å². The third kappa shape index (κ3) is 7.04. The zero-order chi connectivity index (χ0) is 24.6. The third-order valence-corrected chi connectivity index (χ3v) is 6.65. The van der Waals surface area contributed by atoms with Gasteiger partial charge in [0, 0.05) is 56.8 Å². The minimum absolute atomic E-state index is 0.143. The predicted octanol–water partition coefficient (Wildman–Crippen LogP) is 2.03. The lowest BCUT2D eigenvalue weighted by Crippen LogP contribution is -2.43. The summed E-state index contributed by atoms with van der Waals surface area (Å²) in [7, 11) is 0. The molecular formula is C27H36N4O4. The van der Waals surface area contributed by atoms with Crippen molar-refractivity contribution in [3.05, 3.63) is 59.2 Å². The van der Waals surface area contributed by atoms with Gasteiger partial charge in [-0.3, -0.25) is 14.5 Å². The summed E-state index contributed by atoms with van der Waals surface area (Å²) in [4.78, 5) is 26.4. The van der Waals surface area contributed by atoms with E-state index in [0.717, 1.165) is 56.7 Å². The monoisotopic (exact) mass is 480 g/mol. The van der Waals surface area contributed by atoms with Crippen LogP contribution in [0, 0.1) is 0 Å². The quantitative estimate of drug-likeness (QED) is 0.438. The normalized spacial score (nSPS) is 18.9. The van der Waals surface area contributed by atoms with E-state index in [1.807, 2.05) is 24.3 Å². The summed E-state index contributed by atoms with van der Waals surface area (Å²) in [5.41, 5.74) is 4.32. The fourth-order valence-electron chi connectivity index (χ4n) is 4.99. The number of fused-ring (bicyclic) bond motifs is 1. The Morgan fingerprint density at radius 2 is 2.03 bits per heavy atom. The van der Waals surface area contributed by atoms with Gasteiger partial charge in [0.2, 0.25) is 5.91 Å². The van der Waals surface area contributed by atoms with Gasteiger partial charge in [0.25, 0.3) is 5.91 Å². The summed E-state index contributed by atoms with van der Waals surface area (Å²) in [6.45, 7) is 5.50. The Hall–Kier alpha value is -2.94. The van der Waals surface area contributed by atoms with Gasteiger partial charge in [-0.2, -0.15) is 0 Å². The number of hydrogen-bond donors (Lipinski definition) is 4. The standard InChI is InChI=1S/C27H36N4O4/c1-19(32)30-24-9-4-10-25(27(24)21-8-5-12-28-14-21)35-18-26(34)29-15-23(33)17-31-13-11-20-6-2-3-7-22(20)16-31/h2-4,6-7,9-10,21,23,28,33H,5,8,11-18H2,1H3,(H,29,34)(H,30,32)/t21?,23-/m1/s1. The Balaban J connectivity index is 1.28. The van der Waals surface area contributed by atoms with Crippen LogP contribution in [0.5, 0.6) is 5.75 Å². The number of aliphatic hydroxyl groups is 1. The average molecular weight is 481 g/mol. The highest BCUT2D eigenvalue weighted by molar-refractivity contribution is 5.90. The van der Waals surface area contributed by atoms with Crippen molar-refractivity contribution in [1.82, 2.24) is 15.5 Å². The Morgan fingerprint density at radius 3 is 2.80 bits per heavy atom. The summed E-state index contributed by atoms with van der Waals surface area (Å²) in [5, 5.41) is 19.6. The predicted molar refractivity (Wildman–Crippen MR) is 136 cm³/mol. The Bertz CT molecular complexity index is 1020. The number of anilines is 1. The molecule has 8 heteroatoms. The van der Waals surface area contributed by atoms with Crippen molar-refractivity contribution in [3.63, 3.8) is 0 Å². The van der Waals surface area contributed by atoms with E-state index in [9.17, 15) is 14.7 Å². The number of amides is 2. The fourth-order valence-corrected chi connectivity index (χ4v) is 4.99. The first-order valence-electron chi connectivity index (χ1n) is 12.5. The van der Waals surface area contributed by atoms with Crippen LogP contribution in [0.3, 0.4) is 0 Å². The van der Waals surface area contributed by atoms with Gasteiger partial charge < -0.3 is 25.8 Å². The molecule has 0 aliphatic carbocycles. The number of β-amino-alcohol motifs (C(OH)–C–C–N with tert-alkyl or cyclic N) is 1. The van der Waals surface area contributed by atoms with Crippen LogP contribution in [0.1, 0.15) is 42.4 Å². The number of aliphatic hydroxyl groups excluding tert-OH is 1. The van der Waals surface area contributed by atoms with E-state index in [2.05, 4.69) is 39.0 Å². The van der Waals surface area contributed by atoms with Crippen molar-refractivity contribution >= 4 is 17.5 Å². The van der Waals surface area contributed by atoms with E-state index in [4.69, 9.17) is 4.74 Å². The maximum atomic E-state index is 12.5. The number of rotatable bonds is 9. The average Bonchev–Trinajstić information content (AvgIpc) is 2.86. The molecule has 0 bridgehead atoms. The van der Waals surface area contributed by atoms with E-state index in [1.54, 1.807) is 0 Å². The number of ether oxygens (including phenoxy) is 1. The summed E-state index contributed by atoms with van der Waals surface area (Å²) in [6, 6.07) is 13.9. The molecule has 188 valence electrons. The minimum Gasteiger partial charge on any atom is -0.483 e. The van der Waals surface area contributed by atoms with Crippen molar-refractivity contribution in [2.45, 2.75) is 44.8 Å². The smallest absolute Gasteiger partial charge is 0.258 e. The van der Waals surface area contributed by atoms with Crippen LogP contribution < -0.4 is 20.7 Å². The van der Waals surface area contributed by atoms with Crippen molar-refractivity contribution in [2.75, 3.05) is 44.6 Å². The molecule has 0 aromatic heterocycles. The topological polar surface area (TPSA) is 103 Å². The summed E-state index contributed by atoms with van der Waals surface area (Å²) < 4.78 is 5.91. The zero-order valence-electron chi connectivity index (χ0n) is 20.4. The molecule has 1 saturated heterocycles. The summed E-state index contributed by atoms with van der Waals surface area (Å²) >= 11 is 0. The number of hydrogen-bond acceptors (Lipinski definition) is 6. The van der Waals surface area contributed by atoms with Crippen molar-refractivity contribution in [2.24, 2.45) is 0 Å². The first-order chi connectivity index (χ1) is 17.0. The molecule has 35 heavy (non-hydrogen) atoms. The highest BCUT2D eigenvalue weighted by atomic mass is 16.5. The summed E-state index contributed by atoms with van der Waals surface area (Å²) in [5.74, 6) is 0.371. The van der Waals surface area contributed by atoms with Gasteiger partial charge in [0.1, 0.15) is 5.75 Å². The van der Waals surface area contributed by atoms with Gasteiger partial charge >= 0.3 is 0 Å². The van der Waals surface area contributed by atoms with Crippen molar-refractivity contribution in [3.8, 4) is 5.75 Å². The molecule has 1 fully saturated rings. The van der Waals surface area contributed by atoms with Crippen molar-refractivity contribution < 1.29 is 19.4 Å². The lowest BCUT2D eigenvalue weighted by molar-refractivity contribution is -0.123. The van der Waals surface area contributed by atoms with E-state index < -0.39 is 6.10 Å². The third-order valence-electron chi connectivity index (χ3n) is 6.65. The number of carbonyl (C=O) groups is 2. The van der Waals surface area contributed by atoms with Crippen molar-refractivity contribution in [1.29, 1.82) is 0 Å². The molecule has 2 heterocycles. The molecule has 2 aromatic rings. The highest BCUT2D eigenvalue weighted by Crippen LogP contribution is 2.37. The van der Waals surface area contributed by atoms with E-state index in [1.165, 1.54) is 18.1 Å². The van der Waals surface area contributed by atoms with E-state index in [0.29, 0.717) is 12.3 Å². The maximum absolute atomic E-state index is 12.5. The van der Waals surface area contributed by atoms with Gasteiger partial charge in [-0.05, 0) is 49.1 Å². The second-order valence-corrected chi connectivity index (χ2v) is 9.44. The molecule has 4 rings (SSSR count). The first kappa shape index (κ1) is 25.2. The number of piperidine rings is 1. The number of nitrogens with one attached hydrogen (secondary N) is 3. The van der Waals surface area contributed by atoms with Crippen LogP contribution in [0.25, 0.3) is 0 Å². The van der Waals surface area contributed by atoms with Crippen LogP contribution in [0.4, 0.5) is 5.69 Å². The lowest BCUT2D eigenvalue weighted by atomic mass is 9.89. The Morgan fingerprint density at radius 1 is 1.20 bits per heavy atom. The van der Waals surface area contributed by atoms with Crippen LogP contribution in [-0.4, -0.2) is 67.3 Å². The molecule has 0 spiro atoms. The van der Waals surface area contributed by atoms with E-state index >= 15 is 0 Å². The van der Waals surface area contributed by atoms with Gasteiger partial charge in [-0.25, -0.2) is 0 Å². The molecule has 2 amide bonds. The largest absolute Gasteiger partial charge is 0.483 e. The van der Waals surface area contributed by atoms with Gasteiger partial charge in [-0.1, -0.05) is 30.3 Å². The Labute approximate surface area is 207 Å². The second-order valence-electron chi connectivity index (χ2n) is 9.44. The number of carbonyl (C=O) groups excluding carboxylic acids is 2. The van der Waals surface area contributed by atoms with Crippen LogP contribution in [-0.2, 0) is 22.6 Å². The van der Waals surface area contributed by atoms with Gasteiger partial charge in [0.05, 0.1) is 6.10 Å². The fraction of sp³-hybridized carbons (Fsp3) is 0.481. The molecule has 2 aromatic carbocycles.